The van der Waals surface area contributed by atoms with Gasteiger partial charge in [-0.1, -0.05) is 5.16 Å². The lowest BCUT2D eigenvalue weighted by atomic mass is 10.2. The molecule has 0 amide bonds. The summed E-state index contributed by atoms with van der Waals surface area (Å²) < 4.78 is 17.4. The van der Waals surface area contributed by atoms with E-state index in [0.717, 1.165) is 67.7 Å². The number of nitrogens with zero attached hydrogens (tertiary/aromatic N) is 5. The van der Waals surface area contributed by atoms with E-state index in [4.69, 9.17) is 0 Å². The van der Waals surface area contributed by atoms with Crippen molar-refractivity contribution in [3.05, 3.63) is 48.0 Å². The first kappa shape index (κ1) is 19.3. The average Bonchev–Trinajstić information content (AvgIpc) is 3.11. The molecule has 1 N–H and O–H groups in total. The first-order valence-corrected chi connectivity index (χ1v) is 10.4. The van der Waals surface area contributed by atoms with Gasteiger partial charge in [0.25, 0.3) is 0 Å². The van der Waals surface area contributed by atoms with Gasteiger partial charge in [-0.2, -0.15) is 0 Å². The van der Waals surface area contributed by atoms with Crippen molar-refractivity contribution in [3.8, 4) is 0 Å². The molecule has 1 aromatic heterocycles. The second-order valence-corrected chi connectivity index (χ2v) is 8.55. The maximum absolute atomic E-state index is 13.1. The number of likely N-dealkylation sites (N-methyl/N-ethyl adjacent to an activating group) is 1. The maximum Gasteiger partial charge on any atom is 0.123 e. The zero-order chi connectivity index (χ0) is 19.5. The van der Waals surface area contributed by atoms with E-state index in [1.54, 1.807) is 11.9 Å². The Morgan fingerprint density at radius 1 is 1.07 bits per heavy atom. The lowest BCUT2D eigenvalue weighted by Gasteiger charge is -2.36. The predicted molar refractivity (Wildman–Crippen MR) is 111 cm³/mol. The van der Waals surface area contributed by atoms with Crippen molar-refractivity contribution >= 4 is 23.3 Å². The van der Waals surface area contributed by atoms with Gasteiger partial charge in [0.05, 0.1) is 17.1 Å². The normalized spacial score (nSPS) is 19.9. The quantitative estimate of drug-likeness (QED) is 0.473. The number of fused-ring (bicyclic) bond motifs is 1. The molecule has 2 aromatic rings. The summed E-state index contributed by atoms with van der Waals surface area (Å²) in [6.07, 6.45) is 3.14. The Kier molecular flexibility index (Phi) is 5.89. The Balaban J connectivity index is 1.27. The van der Waals surface area contributed by atoms with Gasteiger partial charge in [-0.05, 0) is 62.3 Å². The van der Waals surface area contributed by atoms with E-state index in [0.29, 0.717) is 6.54 Å². The summed E-state index contributed by atoms with van der Waals surface area (Å²) in [6, 6.07) is 8.87. The van der Waals surface area contributed by atoms with Crippen LogP contribution in [0.15, 0.2) is 46.6 Å². The van der Waals surface area contributed by atoms with Gasteiger partial charge in [-0.15, -0.1) is 0 Å². The van der Waals surface area contributed by atoms with Crippen molar-refractivity contribution in [2.45, 2.75) is 17.9 Å². The summed E-state index contributed by atoms with van der Waals surface area (Å²) in [6.45, 7) is 6.57. The number of oxime groups is 1. The molecule has 1 fully saturated rings. The third-order valence-electron chi connectivity index (χ3n) is 5.38. The maximum atomic E-state index is 13.1. The van der Waals surface area contributed by atoms with Gasteiger partial charge in [0.1, 0.15) is 11.5 Å². The molecule has 2 aliphatic heterocycles. The van der Waals surface area contributed by atoms with Crippen LogP contribution in [0.2, 0.25) is 0 Å². The predicted octanol–water partition coefficient (Wildman–Crippen LogP) is 2.97. The van der Waals surface area contributed by atoms with Gasteiger partial charge in [0.15, 0.2) is 0 Å². The second kappa shape index (κ2) is 8.55. The van der Waals surface area contributed by atoms with Crippen LogP contribution in [0.4, 0.5) is 10.1 Å². The lowest BCUT2D eigenvalue weighted by Crippen LogP contribution is -2.46. The van der Waals surface area contributed by atoms with Crippen molar-refractivity contribution in [1.29, 1.82) is 0 Å². The molecule has 4 rings (SSSR count). The van der Waals surface area contributed by atoms with Crippen molar-refractivity contribution in [1.82, 2.24) is 13.8 Å². The van der Waals surface area contributed by atoms with Crippen LogP contribution in [0.3, 0.4) is 0 Å². The minimum atomic E-state index is -0.186. The Morgan fingerprint density at radius 2 is 1.82 bits per heavy atom. The highest BCUT2D eigenvalue weighted by Gasteiger charge is 2.24. The molecule has 0 unspecified atom stereocenters. The fourth-order valence-corrected chi connectivity index (χ4v) is 4.90. The number of hydrogen-bond donors (Lipinski definition) is 1. The van der Waals surface area contributed by atoms with E-state index in [1.165, 1.54) is 12.1 Å². The smallest absolute Gasteiger partial charge is 0.123 e. The minimum Gasteiger partial charge on any atom is -0.411 e. The molecule has 2 aliphatic rings. The summed E-state index contributed by atoms with van der Waals surface area (Å²) >= 11 is 1.69. The van der Waals surface area contributed by atoms with E-state index >= 15 is 0 Å². The largest absolute Gasteiger partial charge is 0.411 e. The average molecular weight is 404 g/mol. The highest BCUT2D eigenvalue weighted by atomic mass is 32.2. The molecule has 1 saturated heterocycles. The third-order valence-corrected chi connectivity index (χ3v) is 6.35. The molecule has 28 heavy (non-hydrogen) atoms. The van der Waals surface area contributed by atoms with Gasteiger partial charge >= 0.3 is 0 Å². The minimum absolute atomic E-state index is 0.186. The molecule has 0 bridgehead atoms. The monoisotopic (exact) mass is 403 g/mol. The first-order valence-electron chi connectivity index (χ1n) is 9.66. The zero-order valence-electron chi connectivity index (χ0n) is 16.1. The van der Waals surface area contributed by atoms with E-state index in [-0.39, 0.29) is 5.82 Å². The number of aryl methyl sites for hydroxylation is 1. The van der Waals surface area contributed by atoms with Gasteiger partial charge in [-0.3, -0.25) is 4.90 Å². The number of anilines is 1. The summed E-state index contributed by atoms with van der Waals surface area (Å²) in [7, 11) is 2.00. The van der Waals surface area contributed by atoms with E-state index in [1.807, 2.05) is 19.2 Å². The summed E-state index contributed by atoms with van der Waals surface area (Å²) in [5.74, 6) is -0.186. The molecule has 0 spiro atoms. The SMILES string of the molecule is CN1C/C(=N\O)c2c(ccn2CCCN2CCN(c3ccc(F)cc3)CC2)S1. The summed E-state index contributed by atoms with van der Waals surface area (Å²) in [5, 5.41) is 12.9. The number of benzene rings is 1. The molecule has 1 aromatic carbocycles. The molecule has 150 valence electrons. The van der Waals surface area contributed by atoms with Crippen LogP contribution in [0.25, 0.3) is 0 Å². The second-order valence-electron chi connectivity index (χ2n) is 7.30. The Labute approximate surface area is 169 Å². The van der Waals surface area contributed by atoms with Crippen LogP contribution in [0.5, 0.6) is 0 Å². The van der Waals surface area contributed by atoms with Crippen LogP contribution in [0.1, 0.15) is 12.1 Å². The molecule has 3 heterocycles. The van der Waals surface area contributed by atoms with Crippen LogP contribution in [-0.2, 0) is 6.54 Å². The number of rotatable bonds is 5. The molecular formula is C20H26FN5OS. The molecule has 0 atom stereocenters. The standard InChI is InChI=1S/C20H26FN5OS/c1-23-15-18(22-27)20-19(28-23)7-10-26(20)9-2-8-24-11-13-25(14-12-24)17-5-3-16(21)4-6-17/h3-7,10,27H,2,8-9,11-15H2,1H3/b22-18+. The van der Waals surface area contributed by atoms with Crippen LogP contribution in [-0.4, -0.2) is 71.0 Å². The fourth-order valence-electron chi connectivity index (χ4n) is 3.93. The zero-order valence-corrected chi connectivity index (χ0v) is 16.9. The van der Waals surface area contributed by atoms with Crippen molar-refractivity contribution < 1.29 is 9.60 Å². The number of aromatic nitrogens is 1. The lowest BCUT2D eigenvalue weighted by molar-refractivity contribution is 0.250. The topological polar surface area (TPSA) is 47.2 Å². The van der Waals surface area contributed by atoms with Crippen molar-refractivity contribution in [3.63, 3.8) is 0 Å². The van der Waals surface area contributed by atoms with Gasteiger partial charge in [0, 0.05) is 44.6 Å². The highest BCUT2D eigenvalue weighted by Crippen LogP contribution is 2.31. The van der Waals surface area contributed by atoms with E-state index in [9.17, 15) is 9.60 Å². The van der Waals surface area contributed by atoms with Crippen molar-refractivity contribution in [2.24, 2.45) is 5.16 Å². The van der Waals surface area contributed by atoms with Gasteiger partial charge < -0.3 is 14.7 Å². The highest BCUT2D eigenvalue weighted by molar-refractivity contribution is 7.97. The Bertz CT molecular complexity index is 830. The van der Waals surface area contributed by atoms with E-state index < -0.39 is 0 Å². The fraction of sp³-hybridized carbons (Fsp3) is 0.450. The van der Waals surface area contributed by atoms with Gasteiger partial charge in [0.2, 0.25) is 0 Å². The van der Waals surface area contributed by atoms with E-state index in [2.05, 4.69) is 36.1 Å². The summed E-state index contributed by atoms with van der Waals surface area (Å²) in [4.78, 5) is 5.95. The van der Waals surface area contributed by atoms with Gasteiger partial charge in [-0.25, -0.2) is 8.70 Å². The molecule has 6 nitrogen and oxygen atoms in total. The molecule has 0 aliphatic carbocycles. The molecule has 8 heteroatoms. The molecule has 0 saturated carbocycles. The molecule has 0 radical (unpaired) electrons. The third kappa shape index (κ3) is 4.19. The Hall–Kier alpha value is -2.03. The Morgan fingerprint density at radius 3 is 2.54 bits per heavy atom. The van der Waals surface area contributed by atoms with Crippen LogP contribution < -0.4 is 4.90 Å². The van der Waals surface area contributed by atoms with Crippen molar-refractivity contribution in [2.75, 3.05) is 51.2 Å². The van der Waals surface area contributed by atoms with Crippen LogP contribution >= 0.6 is 11.9 Å². The number of hydrogen-bond acceptors (Lipinski definition) is 6. The number of halogens is 1. The first-order chi connectivity index (χ1) is 13.6. The van der Waals surface area contributed by atoms with Crippen LogP contribution in [0, 0.1) is 5.82 Å². The molecular weight excluding hydrogens is 377 g/mol. The summed E-state index contributed by atoms with van der Waals surface area (Å²) in [5.41, 5.74) is 2.87. The number of piperazine rings is 1.